The molecule has 0 aliphatic rings. The van der Waals surface area contributed by atoms with E-state index in [2.05, 4.69) is 9.97 Å². The number of carbonyl (C=O) groups is 1. The van der Waals surface area contributed by atoms with Crippen molar-refractivity contribution in [1.29, 1.82) is 0 Å². The molecule has 11 heteroatoms. The van der Waals surface area contributed by atoms with Crippen molar-refractivity contribution >= 4 is 28.4 Å². The third kappa shape index (κ3) is 5.28. The molecular formula is C31H24ClF2N3O5. The first-order valence-electron chi connectivity index (χ1n) is 12.7. The quantitative estimate of drug-likeness (QED) is 0.189. The molecule has 5 aromatic rings. The van der Waals surface area contributed by atoms with Gasteiger partial charge in [0.2, 0.25) is 0 Å². The average Bonchev–Trinajstić information content (AvgIpc) is 2.98. The number of ether oxygens (including phenoxy) is 3. The molecule has 0 spiro atoms. The Labute approximate surface area is 244 Å². The van der Waals surface area contributed by atoms with Gasteiger partial charge in [0, 0.05) is 36.1 Å². The molecule has 8 nitrogen and oxygen atoms in total. The molecule has 0 N–H and O–H groups in total. The van der Waals surface area contributed by atoms with Crippen molar-refractivity contribution in [2.75, 3.05) is 14.2 Å². The number of hydrogen-bond acceptors (Lipinski definition) is 7. The van der Waals surface area contributed by atoms with Crippen LogP contribution in [-0.2, 0) is 6.42 Å². The van der Waals surface area contributed by atoms with Crippen molar-refractivity contribution in [3.05, 3.63) is 110 Å². The zero-order valence-electron chi connectivity index (χ0n) is 23.0. The zero-order valence-corrected chi connectivity index (χ0v) is 23.8. The van der Waals surface area contributed by atoms with Gasteiger partial charge in [0.25, 0.3) is 11.4 Å². The fourth-order valence-electron chi connectivity index (χ4n) is 4.65. The third-order valence-corrected chi connectivity index (χ3v) is 7.30. The topological polar surface area (TPSA) is 92.5 Å². The Kier molecular flexibility index (Phi) is 7.91. The molecule has 0 fully saturated rings. The largest absolute Gasteiger partial charge is 0.491 e. The minimum atomic E-state index is -0.729. The summed E-state index contributed by atoms with van der Waals surface area (Å²) < 4.78 is 46.3. The SMILES string of the molecule is COc1cc2nccc(Oc3ccc(CC(=O)c4c(C)c(Cl)c(C)n(-c5ccc(F)cc5)c4=O)cc3F)c2nc1OC. The van der Waals surface area contributed by atoms with Crippen molar-refractivity contribution in [3.8, 4) is 28.8 Å². The molecule has 0 saturated carbocycles. The van der Waals surface area contributed by atoms with Crippen LogP contribution in [0.4, 0.5) is 8.78 Å². The Morgan fingerprint density at radius 1 is 0.952 bits per heavy atom. The fraction of sp³-hybridized carbons (Fsp3) is 0.161. The first kappa shape index (κ1) is 28.7. The van der Waals surface area contributed by atoms with Crippen LogP contribution >= 0.6 is 11.6 Å². The van der Waals surface area contributed by atoms with Gasteiger partial charge in [-0.3, -0.25) is 19.1 Å². The molecule has 2 aromatic carbocycles. The zero-order chi connectivity index (χ0) is 30.1. The third-order valence-electron chi connectivity index (χ3n) is 6.74. The van der Waals surface area contributed by atoms with Crippen LogP contribution in [0.5, 0.6) is 23.1 Å². The summed E-state index contributed by atoms with van der Waals surface area (Å²) in [7, 11) is 2.92. The Morgan fingerprint density at radius 3 is 2.36 bits per heavy atom. The molecule has 5 rings (SSSR count). The maximum absolute atomic E-state index is 15.2. The van der Waals surface area contributed by atoms with Crippen LogP contribution in [0.3, 0.4) is 0 Å². The second-order valence-electron chi connectivity index (χ2n) is 9.36. The summed E-state index contributed by atoms with van der Waals surface area (Å²) in [5, 5.41) is 0.227. The van der Waals surface area contributed by atoms with Gasteiger partial charge in [-0.1, -0.05) is 17.7 Å². The predicted octanol–water partition coefficient (Wildman–Crippen LogP) is 6.56. The van der Waals surface area contributed by atoms with Crippen LogP contribution in [0.1, 0.15) is 27.2 Å². The number of fused-ring (bicyclic) bond motifs is 1. The molecular weight excluding hydrogens is 568 g/mol. The summed E-state index contributed by atoms with van der Waals surface area (Å²) in [6.45, 7) is 3.21. The van der Waals surface area contributed by atoms with Crippen molar-refractivity contribution in [2.45, 2.75) is 20.3 Å². The van der Waals surface area contributed by atoms with Gasteiger partial charge < -0.3 is 14.2 Å². The molecule has 214 valence electrons. The van der Waals surface area contributed by atoms with E-state index in [1.807, 2.05) is 0 Å². The Morgan fingerprint density at radius 2 is 1.69 bits per heavy atom. The molecule has 0 aliphatic heterocycles. The first-order chi connectivity index (χ1) is 20.1. The monoisotopic (exact) mass is 591 g/mol. The van der Waals surface area contributed by atoms with Crippen molar-refractivity contribution in [2.24, 2.45) is 0 Å². The lowest BCUT2D eigenvalue weighted by atomic mass is 9.99. The number of carbonyl (C=O) groups excluding carboxylic acids is 1. The van der Waals surface area contributed by atoms with E-state index >= 15 is 4.39 Å². The number of ketones is 1. The van der Waals surface area contributed by atoms with Crippen LogP contribution in [0, 0.1) is 25.5 Å². The molecule has 0 bridgehead atoms. The number of halogens is 3. The van der Waals surface area contributed by atoms with E-state index in [0.717, 1.165) is 6.07 Å². The molecule has 3 heterocycles. The number of rotatable bonds is 8. The van der Waals surface area contributed by atoms with Crippen molar-refractivity contribution in [3.63, 3.8) is 0 Å². The van der Waals surface area contributed by atoms with E-state index in [4.69, 9.17) is 25.8 Å². The van der Waals surface area contributed by atoms with Crippen LogP contribution < -0.4 is 19.8 Å². The first-order valence-corrected chi connectivity index (χ1v) is 13.1. The minimum absolute atomic E-state index is 0.108. The lowest BCUT2D eigenvalue weighted by Gasteiger charge is -2.16. The minimum Gasteiger partial charge on any atom is -0.491 e. The number of aromatic nitrogens is 3. The highest BCUT2D eigenvalue weighted by atomic mass is 35.5. The summed E-state index contributed by atoms with van der Waals surface area (Å²) in [4.78, 5) is 35.5. The van der Waals surface area contributed by atoms with Crippen LogP contribution in [0.15, 0.2) is 65.6 Å². The van der Waals surface area contributed by atoms with Gasteiger partial charge in [-0.2, -0.15) is 0 Å². The normalized spacial score (nSPS) is 11.0. The molecule has 0 saturated heterocycles. The molecule has 0 atom stereocenters. The molecule has 42 heavy (non-hydrogen) atoms. The molecule has 0 radical (unpaired) electrons. The Hall–Kier alpha value is -4.83. The van der Waals surface area contributed by atoms with Gasteiger partial charge >= 0.3 is 0 Å². The molecule has 0 amide bonds. The number of benzene rings is 2. The predicted molar refractivity (Wildman–Crippen MR) is 154 cm³/mol. The second-order valence-corrected chi connectivity index (χ2v) is 9.74. The standard InChI is InChI=1S/C31H24ClF2N3O5/c1-16-27(31(39)37(17(2)28(16)32)20-8-6-19(33)7-9-20)23(38)14-18-5-10-24(21(34)13-18)42-25-11-12-35-22-15-26(40-3)30(41-4)36-29(22)25/h5-13,15H,14H2,1-4H3. The average molecular weight is 592 g/mol. The van der Waals surface area contributed by atoms with Crippen LogP contribution in [-0.4, -0.2) is 34.5 Å². The summed E-state index contributed by atoms with van der Waals surface area (Å²) in [5.74, 6) is -1.03. The highest BCUT2D eigenvalue weighted by molar-refractivity contribution is 6.32. The lowest BCUT2D eigenvalue weighted by molar-refractivity contribution is 0.0990. The summed E-state index contributed by atoms with van der Waals surface area (Å²) >= 11 is 6.50. The Bertz CT molecular complexity index is 1910. The number of methoxy groups -OCH3 is 2. The van der Waals surface area contributed by atoms with Gasteiger partial charge in [-0.25, -0.2) is 13.8 Å². The number of hydrogen-bond donors (Lipinski definition) is 0. The summed E-state index contributed by atoms with van der Waals surface area (Å²) in [6.07, 6.45) is 1.22. The van der Waals surface area contributed by atoms with Crippen LogP contribution in [0.25, 0.3) is 16.7 Å². The lowest BCUT2D eigenvalue weighted by Crippen LogP contribution is -2.29. The second kappa shape index (κ2) is 11.6. The summed E-state index contributed by atoms with van der Waals surface area (Å²) in [5.41, 5.74) is 1.44. The van der Waals surface area contributed by atoms with Crippen LogP contribution in [0.2, 0.25) is 5.02 Å². The van der Waals surface area contributed by atoms with Gasteiger partial charge in [-0.15, -0.1) is 0 Å². The molecule has 0 aliphatic carbocycles. The number of pyridine rings is 3. The van der Waals surface area contributed by atoms with E-state index in [0.29, 0.717) is 39.3 Å². The van der Waals surface area contributed by atoms with Crippen molar-refractivity contribution < 1.29 is 27.8 Å². The van der Waals surface area contributed by atoms with E-state index in [9.17, 15) is 14.0 Å². The molecule has 3 aromatic heterocycles. The number of nitrogens with zero attached hydrogens (tertiary/aromatic N) is 3. The number of Topliss-reactive ketones (excluding diaryl/α,β-unsaturated/α-hetero) is 1. The van der Waals surface area contributed by atoms with E-state index < -0.39 is 23.0 Å². The van der Waals surface area contributed by atoms with Crippen molar-refractivity contribution in [1.82, 2.24) is 14.5 Å². The fourth-order valence-corrected chi connectivity index (χ4v) is 4.83. The van der Waals surface area contributed by atoms with Gasteiger partial charge in [-0.05, 0) is 61.4 Å². The van der Waals surface area contributed by atoms with Gasteiger partial charge in [0.1, 0.15) is 11.3 Å². The van der Waals surface area contributed by atoms with E-state index in [1.54, 1.807) is 19.9 Å². The van der Waals surface area contributed by atoms with Gasteiger partial charge in [0.15, 0.2) is 28.8 Å². The highest BCUT2D eigenvalue weighted by Gasteiger charge is 2.23. The highest BCUT2D eigenvalue weighted by Crippen LogP contribution is 2.35. The van der Waals surface area contributed by atoms with E-state index in [1.165, 1.54) is 67.4 Å². The Balaban J connectivity index is 1.45. The van der Waals surface area contributed by atoms with E-state index in [-0.39, 0.29) is 34.4 Å². The maximum atomic E-state index is 15.2. The van der Waals surface area contributed by atoms with Gasteiger partial charge in [0.05, 0.1) is 30.3 Å². The maximum Gasteiger partial charge on any atom is 0.266 e. The summed E-state index contributed by atoms with van der Waals surface area (Å²) in [6, 6.07) is 12.5. The molecule has 0 unspecified atom stereocenters. The smallest absolute Gasteiger partial charge is 0.266 e.